The van der Waals surface area contributed by atoms with Gasteiger partial charge in [-0.3, -0.25) is 9.59 Å². The molecule has 5 nitrogen and oxygen atoms in total. The molecule has 2 rings (SSSR count). The van der Waals surface area contributed by atoms with E-state index in [1.54, 1.807) is 16.7 Å². The molecule has 2 N–H and O–H groups in total. The van der Waals surface area contributed by atoms with Gasteiger partial charge in [-0.05, 0) is 13.0 Å². The van der Waals surface area contributed by atoms with Crippen molar-refractivity contribution in [2.75, 3.05) is 31.3 Å². The van der Waals surface area contributed by atoms with Gasteiger partial charge in [-0.1, -0.05) is 0 Å². The molecule has 2 aliphatic rings. The molecule has 2 aliphatic heterocycles. The van der Waals surface area contributed by atoms with Gasteiger partial charge in [-0.2, -0.15) is 0 Å². The first-order chi connectivity index (χ1) is 7.25. The van der Waals surface area contributed by atoms with Gasteiger partial charge in [0.2, 0.25) is 11.8 Å². The Morgan fingerprint density at radius 3 is 3.00 bits per heavy atom. The molecular formula is C9H16ClN3O2S. The highest BCUT2D eigenvalue weighted by Gasteiger charge is 2.24. The topological polar surface area (TPSA) is 61.4 Å². The molecule has 1 unspecified atom stereocenters. The summed E-state index contributed by atoms with van der Waals surface area (Å²) < 4.78 is 0. The van der Waals surface area contributed by atoms with E-state index in [-0.39, 0.29) is 36.8 Å². The average molecular weight is 266 g/mol. The Kier molecular flexibility index (Phi) is 5.37. The highest BCUT2D eigenvalue weighted by atomic mass is 35.5. The van der Waals surface area contributed by atoms with Crippen LogP contribution in [0.4, 0.5) is 0 Å². The van der Waals surface area contributed by atoms with Crippen LogP contribution in [-0.4, -0.2) is 54.0 Å². The molecule has 0 aromatic heterocycles. The van der Waals surface area contributed by atoms with Gasteiger partial charge in [-0.25, -0.2) is 0 Å². The molecule has 0 aromatic rings. The Labute approximate surface area is 105 Å². The third kappa shape index (κ3) is 3.54. The molecule has 0 bridgehead atoms. The maximum Gasteiger partial charge on any atom is 0.239 e. The predicted molar refractivity (Wildman–Crippen MR) is 65.7 cm³/mol. The summed E-state index contributed by atoms with van der Waals surface area (Å²) in [6.07, 6.45) is 0.981. The zero-order valence-corrected chi connectivity index (χ0v) is 10.5. The summed E-state index contributed by atoms with van der Waals surface area (Å²) in [6.45, 7) is 2.01. The number of carbonyl (C=O) groups is 2. The average Bonchev–Trinajstić information content (AvgIpc) is 2.79. The van der Waals surface area contributed by atoms with Crippen LogP contribution in [0.25, 0.3) is 0 Å². The van der Waals surface area contributed by atoms with Crippen molar-refractivity contribution in [2.24, 2.45) is 0 Å². The van der Waals surface area contributed by atoms with Gasteiger partial charge in [-0.15, -0.1) is 24.2 Å². The summed E-state index contributed by atoms with van der Waals surface area (Å²) in [5.74, 6) is 1.19. The quantitative estimate of drug-likeness (QED) is 0.717. The summed E-state index contributed by atoms with van der Waals surface area (Å²) >= 11 is 1.56. The number of halogens is 1. The highest BCUT2D eigenvalue weighted by Crippen LogP contribution is 2.13. The fourth-order valence-corrected chi connectivity index (χ4v) is 2.67. The number of amides is 2. The minimum absolute atomic E-state index is 0. The lowest BCUT2D eigenvalue weighted by Crippen LogP contribution is -2.43. The van der Waals surface area contributed by atoms with Crippen LogP contribution in [0.3, 0.4) is 0 Å². The number of hydrogen-bond donors (Lipinski definition) is 2. The van der Waals surface area contributed by atoms with E-state index in [0.717, 1.165) is 19.5 Å². The lowest BCUT2D eigenvalue weighted by molar-refractivity contribution is -0.132. The summed E-state index contributed by atoms with van der Waals surface area (Å²) in [5.41, 5.74) is 0. The normalized spacial score (nSPS) is 24.4. The molecule has 2 heterocycles. The first kappa shape index (κ1) is 13.6. The molecule has 0 spiro atoms. The second kappa shape index (κ2) is 6.32. The number of nitrogens with one attached hydrogen (secondary N) is 2. The largest absolute Gasteiger partial charge is 0.351 e. The molecule has 92 valence electrons. The molecule has 2 fully saturated rings. The molecule has 7 heteroatoms. The van der Waals surface area contributed by atoms with Gasteiger partial charge < -0.3 is 15.5 Å². The Balaban J connectivity index is 0.00000128. The number of rotatable bonds is 3. The van der Waals surface area contributed by atoms with Gasteiger partial charge in [0.1, 0.15) is 6.54 Å². The molecule has 0 saturated carbocycles. The maximum atomic E-state index is 11.6. The molecule has 2 saturated heterocycles. The number of thioether (sulfide) groups is 1. The van der Waals surface area contributed by atoms with Crippen molar-refractivity contribution in [2.45, 2.75) is 12.5 Å². The van der Waals surface area contributed by atoms with Crippen molar-refractivity contribution in [3.8, 4) is 0 Å². The lowest BCUT2D eigenvalue weighted by Gasteiger charge is -2.16. The standard InChI is InChI=1S/C9H15N3O2S.ClH/c13-8(11-7-1-2-10-3-7)4-12-6-15-5-9(12)14;/h7,10H,1-6H2,(H,11,13);1H. The first-order valence-corrected chi connectivity index (χ1v) is 6.27. The Morgan fingerprint density at radius 1 is 1.62 bits per heavy atom. The lowest BCUT2D eigenvalue weighted by atomic mass is 10.2. The van der Waals surface area contributed by atoms with Crippen molar-refractivity contribution in [3.63, 3.8) is 0 Å². The Morgan fingerprint density at radius 2 is 2.44 bits per heavy atom. The van der Waals surface area contributed by atoms with Crippen LogP contribution >= 0.6 is 24.2 Å². The summed E-state index contributed by atoms with van der Waals surface area (Å²) in [7, 11) is 0. The van der Waals surface area contributed by atoms with Crippen LogP contribution in [-0.2, 0) is 9.59 Å². The fourth-order valence-electron chi connectivity index (χ4n) is 1.76. The minimum atomic E-state index is -0.0421. The monoisotopic (exact) mass is 265 g/mol. The van der Waals surface area contributed by atoms with Gasteiger partial charge >= 0.3 is 0 Å². The van der Waals surface area contributed by atoms with E-state index in [0.29, 0.717) is 11.6 Å². The van der Waals surface area contributed by atoms with E-state index in [1.165, 1.54) is 0 Å². The van der Waals surface area contributed by atoms with E-state index >= 15 is 0 Å². The third-order valence-corrected chi connectivity index (χ3v) is 3.53. The highest BCUT2D eigenvalue weighted by molar-refractivity contribution is 8.00. The molecule has 1 atom stereocenters. The van der Waals surface area contributed by atoms with Crippen LogP contribution in [0.1, 0.15) is 6.42 Å². The maximum absolute atomic E-state index is 11.6. The van der Waals surface area contributed by atoms with Crippen LogP contribution in [0.15, 0.2) is 0 Å². The SMILES string of the molecule is Cl.O=C(CN1CSCC1=O)NC1CCNC1. The zero-order valence-electron chi connectivity index (χ0n) is 8.90. The number of nitrogens with zero attached hydrogens (tertiary/aromatic N) is 1. The van der Waals surface area contributed by atoms with Gasteiger partial charge in [0, 0.05) is 12.6 Å². The van der Waals surface area contributed by atoms with E-state index in [2.05, 4.69) is 10.6 Å². The van der Waals surface area contributed by atoms with E-state index < -0.39 is 0 Å². The molecule has 16 heavy (non-hydrogen) atoms. The van der Waals surface area contributed by atoms with Crippen LogP contribution < -0.4 is 10.6 Å². The third-order valence-electron chi connectivity index (χ3n) is 2.59. The smallest absolute Gasteiger partial charge is 0.239 e. The molecule has 0 aromatic carbocycles. The van der Waals surface area contributed by atoms with Crippen molar-refractivity contribution >= 4 is 36.0 Å². The molecule has 0 radical (unpaired) electrons. The minimum Gasteiger partial charge on any atom is -0.351 e. The van der Waals surface area contributed by atoms with Crippen molar-refractivity contribution < 1.29 is 9.59 Å². The van der Waals surface area contributed by atoms with Crippen molar-refractivity contribution in [3.05, 3.63) is 0 Å². The van der Waals surface area contributed by atoms with E-state index in [9.17, 15) is 9.59 Å². The summed E-state index contributed by atoms with van der Waals surface area (Å²) in [4.78, 5) is 24.4. The molecule has 0 aliphatic carbocycles. The van der Waals surface area contributed by atoms with Crippen LogP contribution in [0.5, 0.6) is 0 Å². The summed E-state index contributed by atoms with van der Waals surface area (Å²) in [5, 5.41) is 6.10. The number of carbonyl (C=O) groups excluding carboxylic acids is 2. The van der Waals surface area contributed by atoms with Crippen LogP contribution in [0, 0.1) is 0 Å². The summed E-state index contributed by atoms with van der Waals surface area (Å²) in [6, 6.07) is 0.239. The second-order valence-corrected chi connectivity index (χ2v) is 4.78. The molecular weight excluding hydrogens is 250 g/mol. The Hall–Kier alpha value is -0.460. The predicted octanol–water partition coefficient (Wildman–Crippen LogP) is -0.581. The fraction of sp³-hybridized carbons (Fsp3) is 0.778. The van der Waals surface area contributed by atoms with Crippen molar-refractivity contribution in [1.29, 1.82) is 0 Å². The van der Waals surface area contributed by atoms with Crippen LogP contribution in [0.2, 0.25) is 0 Å². The van der Waals surface area contributed by atoms with Gasteiger partial charge in [0.15, 0.2) is 0 Å². The second-order valence-electron chi connectivity index (χ2n) is 3.83. The molecule has 2 amide bonds. The van der Waals surface area contributed by atoms with Crippen molar-refractivity contribution in [1.82, 2.24) is 15.5 Å². The Bertz CT molecular complexity index is 271. The first-order valence-electron chi connectivity index (χ1n) is 5.11. The van der Waals surface area contributed by atoms with Gasteiger partial charge in [0.25, 0.3) is 0 Å². The number of hydrogen-bond acceptors (Lipinski definition) is 4. The van der Waals surface area contributed by atoms with E-state index in [1.807, 2.05) is 0 Å². The van der Waals surface area contributed by atoms with Gasteiger partial charge in [0.05, 0.1) is 11.6 Å². The zero-order chi connectivity index (χ0) is 10.7. The van der Waals surface area contributed by atoms with E-state index in [4.69, 9.17) is 0 Å².